The number of hydrogen-bond donors (Lipinski definition) is 0. The minimum Gasteiger partial charge on any atom is -0.166 e. The van der Waals surface area contributed by atoms with Crippen molar-refractivity contribution in [1.29, 1.82) is 0 Å². The molecule has 0 fully saturated rings. The largest absolute Gasteiger partial charge is 0.417 e. The lowest BCUT2D eigenvalue weighted by Crippen LogP contribution is -2.06. The number of benzene rings is 2. The topological polar surface area (TPSA) is 0 Å². The summed E-state index contributed by atoms with van der Waals surface area (Å²) in [6.45, 7) is 3.84. The zero-order valence-corrected chi connectivity index (χ0v) is 10.6. The highest BCUT2D eigenvalue weighted by Gasteiger charge is 2.33. The molecular formula is C15H10ClF3. The molecule has 0 saturated carbocycles. The van der Waals surface area contributed by atoms with Gasteiger partial charge in [0.25, 0.3) is 0 Å². The van der Waals surface area contributed by atoms with Gasteiger partial charge in [-0.1, -0.05) is 54.6 Å². The SMILES string of the molecule is C=C(c1ccccc1)c1ccc(Cl)c(C(F)(F)F)c1. The van der Waals surface area contributed by atoms with Crippen molar-refractivity contribution in [2.45, 2.75) is 6.18 Å². The lowest BCUT2D eigenvalue weighted by atomic mass is 9.98. The molecule has 98 valence electrons. The van der Waals surface area contributed by atoms with Crippen LogP contribution in [0.2, 0.25) is 5.02 Å². The van der Waals surface area contributed by atoms with Gasteiger partial charge in [-0.3, -0.25) is 0 Å². The van der Waals surface area contributed by atoms with Gasteiger partial charge in [-0.25, -0.2) is 0 Å². The molecule has 0 unspecified atom stereocenters. The minimum atomic E-state index is -4.47. The lowest BCUT2D eigenvalue weighted by molar-refractivity contribution is -0.137. The summed E-state index contributed by atoms with van der Waals surface area (Å²) in [5.74, 6) is 0. The van der Waals surface area contributed by atoms with Crippen molar-refractivity contribution < 1.29 is 13.2 Å². The number of halogens is 4. The molecule has 0 spiro atoms. The van der Waals surface area contributed by atoms with Crippen LogP contribution in [0.5, 0.6) is 0 Å². The molecular weight excluding hydrogens is 273 g/mol. The van der Waals surface area contributed by atoms with Gasteiger partial charge in [0.15, 0.2) is 0 Å². The summed E-state index contributed by atoms with van der Waals surface area (Å²) in [4.78, 5) is 0. The molecule has 0 nitrogen and oxygen atoms in total. The minimum absolute atomic E-state index is 0.308. The van der Waals surface area contributed by atoms with E-state index in [9.17, 15) is 13.2 Å². The average molecular weight is 283 g/mol. The van der Waals surface area contributed by atoms with Crippen LogP contribution >= 0.6 is 11.6 Å². The summed E-state index contributed by atoms with van der Waals surface area (Å²) in [6.07, 6.45) is -4.47. The lowest BCUT2D eigenvalue weighted by Gasteiger charge is -2.12. The van der Waals surface area contributed by atoms with Crippen molar-refractivity contribution in [3.63, 3.8) is 0 Å². The second kappa shape index (κ2) is 5.10. The Morgan fingerprint density at radius 3 is 2.16 bits per heavy atom. The zero-order valence-electron chi connectivity index (χ0n) is 9.84. The van der Waals surface area contributed by atoms with E-state index in [1.807, 2.05) is 6.07 Å². The fraction of sp³-hybridized carbons (Fsp3) is 0.0667. The summed E-state index contributed by atoms with van der Waals surface area (Å²) < 4.78 is 38.3. The van der Waals surface area contributed by atoms with Crippen LogP contribution in [-0.4, -0.2) is 0 Å². The van der Waals surface area contributed by atoms with Crippen LogP contribution in [-0.2, 0) is 6.18 Å². The molecule has 4 heteroatoms. The predicted octanol–water partition coefficient (Wildman–Crippen LogP) is 5.42. The molecule has 0 radical (unpaired) electrons. The van der Waals surface area contributed by atoms with Crippen molar-refractivity contribution in [3.05, 3.63) is 76.8 Å². The molecule has 0 aliphatic heterocycles. The predicted molar refractivity (Wildman–Crippen MR) is 71.0 cm³/mol. The molecule has 2 aromatic carbocycles. The first-order chi connectivity index (χ1) is 8.89. The Morgan fingerprint density at radius 1 is 0.947 bits per heavy atom. The molecule has 2 rings (SSSR count). The third-order valence-corrected chi connectivity index (χ3v) is 3.07. The normalized spacial score (nSPS) is 11.4. The standard InChI is InChI=1S/C15H10ClF3/c1-10(11-5-3-2-4-6-11)12-7-8-14(16)13(9-12)15(17,18)19/h2-9H,1H2. The van der Waals surface area contributed by atoms with Crippen molar-refractivity contribution in [3.8, 4) is 0 Å². The van der Waals surface area contributed by atoms with E-state index >= 15 is 0 Å². The monoisotopic (exact) mass is 282 g/mol. The van der Waals surface area contributed by atoms with E-state index in [0.29, 0.717) is 11.1 Å². The summed E-state index contributed by atoms with van der Waals surface area (Å²) in [5.41, 5.74) is 0.868. The van der Waals surface area contributed by atoms with E-state index in [1.54, 1.807) is 24.3 Å². The Balaban J connectivity index is 2.45. The van der Waals surface area contributed by atoms with Crippen LogP contribution < -0.4 is 0 Å². The van der Waals surface area contributed by atoms with Gasteiger partial charge in [-0.15, -0.1) is 0 Å². The first-order valence-corrected chi connectivity index (χ1v) is 5.89. The van der Waals surface area contributed by atoms with Crippen LogP contribution in [0.25, 0.3) is 5.57 Å². The third-order valence-electron chi connectivity index (χ3n) is 2.74. The number of rotatable bonds is 2. The van der Waals surface area contributed by atoms with E-state index in [0.717, 1.165) is 11.6 Å². The van der Waals surface area contributed by atoms with E-state index in [-0.39, 0.29) is 5.02 Å². The summed E-state index contributed by atoms with van der Waals surface area (Å²) in [5, 5.41) is -0.308. The highest BCUT2D eigenvalue weighted by atomic mass is 35.5. The van der Waals surface area contributed by atoms with Gasteiger partial charge >= 0.3 is 6.18 Å². The maximum Gasteiger partial charge on any atom is 0.417 e. The molecule has 0 N–H and O–H groups in total. The molecule has 0 amide bonds. The van der Waals surface area contributed by atoms with Crippen molar-refractivity contribution in [1.82, 2.24) is 0 Å². The Kier molecular flexibility index (Phi) is 3.67. The van der Waals surface area contributed by atoms with E-state index in [2.05, 4.69) is 6.58 Å². The zero-order chi connectivity index (χ0) is 14.0. The van der Waals surface area contributed by atoms with E-state index in [4.69, 9.17) is 11.6 Å². The molecule has 0 aromatic heterocycles. The number of alkyl halides is 3. The van der Waals surface area contributed by atoms with Crippen LogP contribution in [0.1, 0.15) is 16.7 Å². The van der Waals surface area contributed by atoms with Gasteiger partial charge in [0.1, 0.15) is 0 Å². The van der Waals surface area contributed by atoms with Crippen molar-refractivity contribution >= 4 is 17.2 Å². The molecule has 0 aliphatic rings. The molecule has 2 aromatic rings. The number of hydrogen-bond acceptors (Lipinski definition) is 0. The second-order valence-corrected chi connectivity index (χ2v) is 4.44. The van der Waals surface area contributed by atoms with Gasteiger partial charge in [0.2, 0.25) is 0 Å². The Hall–Kier alpha value is -1.74. The van der Waals surface area contributed by atoms with Gasteiger partial charge < -0.3 is 0 Å². The molecule has 0 aliphatic carbocycles. The molecule has 0 heterocycles. The molecule has 0 bridgehead atoms. The third kappa shape index (κ3) is 2.99. The Morgan fingerprint density at radius 2 is 1.58 bits per heavy atom. The highest BCUT2D eigenvalue weighted by molar-refractivity contribution is 6.31. The smallest absolute Gasteiger partial charge is 0.166 e. The highest BCUT2D eigenvalue weighted by Crippen LogP contribution is 2.36. The van der Waals surface area contributed by atoms with Gasteiger partial charge in [0, 0.05) is 0 Å². The average Bonchev–Trinajstić information content (AvgIpc) is 2.38. The van der Waals surface area contributed by atoms with Crippen molar-refractivity contribution in [2.75, 3.05) is 0 Å². The Bertz CT molecular complexity index is 601. The molecule has 0 atom stereocenters. The van der Waals surface area contributed by atoms with Gasteiger partial charge in [-0.05, 0) is 28.8 Å². The quantitative estimate of drug-likeness (QED) is 0.690. The Labute approximate surface area is 114 Å². The van der Waals surface area contributed by atoms with Crippen LogP contribution in [0.3, 0.4) is 0 Å². The second-order valence-electron chi connectivity index (χ2n) is 4.04. The molecule has 19 heavy (non-hydrogen) atoms. The maximum absolute atomic E-state index is 12.8. The van der Waals surface area contributed by atoms with Crippen LogP contribution in [0.4, 0.5) is 13.2 Å². The maximum atomic E-state index is 12.8. The van der Waals surface area contributed by atoms with Gasteiger partial charge in [-0.2, -0.15) is 13.2 Å². The van der Waals surface area contributed by atoms with Crippen LogP contribution in [0, 0.1) is 0 Å². The van der Waals surface area contributed by atoms with Crippen LogP contribution in [0.15, 0.2) is 55.1 Å². The fourth-order valence-electron chi connectivity index (χ4n) is 1.74. The van der Waals surface area contributed by atoms with Crippen molar-refractivity contribution in [2.24, 2.45) is 0 Å². The fourth-order valence-corrected chi connectivity index (χ4v) is 1.96. The van der Waals surface area contributed by atoms with E-state index in [1.165, 1.54) is 12.1 Å². The van der Waals surface area contributed by atoms with E-state index < -0.39 is 11.7 Å². The first kappa shape index (κ1) is 13.7. The summed E-state index contributed by atoms with van der Waals surface area (Å²) in [6, 6.07) is 12.8. The first-order valence-electron chi connectivity index (χ1n) is 5.51. The van der Waals surface area contributed by atoms with Gasteiger partial charge in [0.05, 0.1) is 10.6 Å². The summed E-state index contributed by atoms with van der Waals surface area (Å²) in [7, 11) is 0. The summed E-state index contributed by atoms with van der Waals surface area (Å²) >= 11 is 5.58. The molecule has 0 saturated heterocycles.